The van der Waals surface area contributed by atoms with Crippen LogP contribution in [0.5, 0.6) is 0 Å². The van der Waals surface area contributed by atoms with Crippen LogP contribution in [-0.2, 0) is 13.0 Å². The lowest BCUT2D eigenvalue weighted by molar-refractivity contribution is 0.605. The van der Waals surface area contributed by atoms with Gasteiger partial charge in [0, 0.05) is 24.7 Å². The van der Waals surface area contributed by atoms with Gasteiger partial charge in [0.1, 0.15) is 0 Å². The second-order valence-corrected chi connectivity index (χ2v) is 4.33. The maximum atomic E-state index is 4.74. The molecule has 0 bridgehead atoms. The van der Waals surface area contributed by atoms with Crippen LogP contribution < -0.4 is 5.32 Å². The Morgan fingerprint density at radius 1 is 1.50 bits per heavy atom. The van der Waals surface area contributed by atoms with Crippen molar-refractivity contribution in [2.45, 2.75) is 45.1 Å². The van der Waals surface area contributed by atoms with Gasteiger partial charge in [0.05, 0.1) is 5.69 Å². The Balaban J connectivity index is 2.06. The van der Waals surface area contributed by atoms with Crippen molar-refractivity contribution in [2.24, 2.45) is 0 Å². The molecule has 0 aromatic carbocycles. The third-order valence-electron chi connectivity index (χ3n) is 3.24. The maximum Gasteiger partial charge on any atom is 0.203 e. The minimum atomic E-state index is 0.782. The van der Waals surface area contributed by atoms with E-state index in [-0.39, 0.29) is 0 Å². The fourth-order valence-electron chi connectivity index (χ4n) is 2.37. The number of hydrogen-bond donors (Lipinski definition) is 1. The molecule has 0 unspecified atom stereocenters. The Labute approximate surface area is 84.5 Å². The summed E-state index contributed by atoms with van der Waals surface area (Å²) in [6.45, 7) is 4.49. The Morgan fingerprint density at radius 3 is 3.07 bits per heavy atom. The summed E-state index contributed by atoms with van der Waals surface area (Å²) < 4.78 is 2.39. The number of anilines is 1. The standard InChI is InChI=1S/C11H17N3/c1-2-9-10(8-4-5-8)13-11-12-6-3-7-14(9)11/h8H,2-7H2,1H3,(H,12,13). The van der Waals surface area contributed by atoms with E-state index in [9.17, 15) is 0 Å². The summed E-state index contributed by atoms with van der Waals surface area (Å²) in [4.78, 5) is 4.74. The zero-order valence-electron chi connectivity index (χ0n) is 8.71. The third kappa shape index (κ3) is 1.15. The first-order valence-electron chi connectivity index (χ1n) is 5.73. The van der Waals surface area contributed by atoms with Gasteiger partial charge in [-0.05, 0) is 25.7 Å². The van der Waals surface area contributed by atoms with Gasteiger partial charge in [0.2, 0.25) is 5.95 Å². The molecule has 1 aliphatic carbocycles. The van der Waals surface area contributed by atoms with E-state index in [0.717, 1.165) is 31.4 Å². The van der Waals surface area contributed by atoms with Gasteiger partial charge in [-0.1, -0.05) is 6.92 Å². The summed E-state index contributed by atoms with van der Waals surface area (Å²) in [5.41, 5.74) is 2.87. The fourth-order valence-corrected chi connectivity index (χ4v) is 2.37. The lowest BCUT2D eigenvalue weighted by Gasteiger charge is -2.17. The van der Waals surface area contributed by atoms with Crippen molar-refractivity contribution in [3.05, 3.63) is 11.4 Å². The van der Waals surface area contributed by atoms with E-state index >= 15 is 0 Å². The number of fused-ring (bicyclic) bond motifs is 1. The van der Waals surface area contributed by atoms with E-state index < -0.39 is 0 Å². The summed E-state index contributed by atoms with van der Waals surface area (Å²) in [6.07, 6.45) is 5.06. The molecule has 1 aromatic rings. The lowest BCUT2D eigenvalue weighted by atomic mass is 10.2. The molecule has 1 N–H and O–H groups in total. The molecular weight excluding hydrogens is 174 g/mol. The first-order valence-corrected chi connectivity index (χ1v) is 5.73. The van der Waals surface area contributed by atoms with Crippen LogP contribution in [0, 0.1) is 0 Å². The number of hydrogen-bond acceptors (Lipinski definition) is 2. The van der Waals surface area contributed by atoms with Crippen LogP contribution in [0.1, 0.15) is 43.5 Å². The molecule has 0 spiro atoms. The smallest absolute Gasteiger partial charge is 0.203 e. The van der Waals surface area contributed by atoms with Crippen LogP contribution in [0.2, 0.25) is 0 Å². The molecule has 3 nitrogen and oxygen atoms in total. The van der Waals surface area contributed by atoms with E-state index in [0.29, 0.717) is 0 Å². The van der Waals surface area contributed by atoms with Gasteiger partial charge in [-0.15, -0.1) is 0 Å². The van der Waals surface area contributed by atoms with Gasteiger partial charge >= 0.3 is 0 Å². The van der Waals surface area contributed by atoms with Crippen molar-refractivity contribution in [3.63, 3.8) is 0 Å². The largest absolute Gasteiger partial charge is 0.356 e. The van der Waals surface area contributed by atoms with Crippen molar-refractivity contribution < 1.29 is 0 Å². The second kappa shape index (κ2) is 3.01. The van der Waals surface area contributed by atoms with Crippen molar-refractivity contribution in [1.29, 1.82) is 0 Å². The molecule has 1 fully saturated rings. The molecule has 0 amide bonds. The lowest BCUT2D eigenvalue weighted by Crippen LogP contribution is -2.18. The number of aromatic nitrogens is 2. The van der Waals surface area contributed by atoms with Gasteiger partial charge < -0.3 is 9.88 Å². The Kier molecular flexibility index (Phi) is 1.79. The zero-order valence-corrected chi connectivity index (χ0v) is 8.71. The van der Waals surface area contributed by atoms with Crippen LogP contribution >= 0.6 is 0 Å². The van der Waals surface area contributed by atoms with Gasteiger partial charge in [-0.3, -0.25) is 0 Å². The van der Waals surface area contributed by atoms with E-state index in [1.807, 2.05) is 0 Å². The maximum absolute atomic E-state index is 4.74. The zero-order chi connectivity index (χ0) is 9.54. The van der Waals surface area contributed by atoms with E-state index in [1.54, 1.807) is 0 Å². The summed E-state index contributed by atoms with van der Waals surface area (Å²) in [5, 5.41) is 3.39. The van der Waals surface area contributed by atoms with Gasteiger partial charge in [0.15, 0.2) is 0 Å². The number of nitrogens with one attached hydrogen (secondary N) is 1. The predicted octanol–water partition coefficient (Wildman–Crippen LogP) is 2.14. The van der Waals surface area contributed by atoms with Crippen molar-refractivity contribution in [2.75, 3.05) is 11.9 Å². The van der Waals surface area contributed by atoms with Gasteiger partial charge in [-0.25, -0.2) is 4.98 Å². The summed E-state index contributed by atoms with van der Waals surface area (Å²) in [7, 11) is 0. The molecule has 1 aromatic heterocycles. The van der Waals surface area contributed by atoms with Crippen LogP contribution in [0.3, 0.4) is 0 Å². The molecule has 2 heterocycles. The molecule has 0 radical (unpaired) electrons. The fraction of sp³-hybridized carbons (Fsp3) is 0.727. The van der Waals surface area contributed by atoms with E-state index in [1.165, 1.54) is 30.7 Å². The first-order chi connectivity index (χ1) is 6.90. The van der Waals surface area contributed by atoms with E-state index in [4.69, 9.17) is 4.98 Å². The van der Waals surface area contributed by atoms with Crippen molar-refractivity contribution in [3.8, 4) is 0 Å². The van der Waals surface area contributed by atoms with Crippen molar-refractivity contribution >= 4 is 5.95 Å². The van der Waals surface area contributed by atoms with Crippen LogP contribution in [0.15, 0.2) is 0 Å². The molecule has 14 heavy (non-hydrogen) atoms. The molecule has 0 atom stereocenters. The summed E-state index contributed by atoms with van der Waals surface area (Å²) in [6, 6.07) is 0. The average Bonchev–Trinajstić information content (AvgIpc) is 2.99. The Bertz CT molecular complexity index is 350. The molecule has 3 rings (SSSR count). The summed E-state index contributed by atoms with van der Waals surface area (Å²) in [5.74, 6) is 1.90. The quantitative estimate of drug-likeness (QED) is 0.776. The molecule has 0 saturated heterocycles. The van der Waals surface area contributed by atoms with Gasteiger partial charge in [0.25, 0.3) is 0 Å². The molecule has 76 valence electrons. The number of nitrogens with zero attached hydrogens (tertiary/aromatic N) is 2. The molecule has 3 heteroatoms. The minimum Gasteiger partial charge on any atom is -0.356 e. The molecule has 2 aliphatic rings. The highest BCUT2D eigenvalue weighted by atomic mass is 15.2. The van der Waals surface area contributed by atoms with Crippen LogP contribution in [-0.4, -0.2) is 16.1 Å². The monoisotopic (exact) mass is 191 g/mol. The predicted molar refractivity (Wildman–Crippen MR) is 56.7 cm³/mol. The topological polar surface area (TPSA) is 29.9 Å². The van der Waals surface area contributed by atoms with Gasteiger partial charge in [-0.2, -0.15) is 0 Å². The number of imidazole rings is 1. The molecule has 1 saturated carbocycles. The molecular formula is C11H17N3. The van der Waals surface area contributed by atoms with Crippen molar-refractivity contribution in [1.82, 2.24) is 9.55 Å². The van der Waals surface area contributed by atoms with E-state index in [2.05, 4.69) is 16.8 Å². The third-order valence-corrected chi connectivity index (χ3v) is 3.24. The Morgan fingerprint density at radius 2 is 2.36 bits per heavy atom. The summed E-state index contributed by atoms with van der Waals surface area (Å²) >= 11 is 0. The molecule has 1 aliphatic heterocycles. The highest BCUT2D eigenvalue weighted by Crippen LogP contribution is 2.42. The second-order valence-electron chi connectivity index (χ2n) is 4.33. The SMILES string of the molecule is CCc1c(C2CC2)nc2n1CCCN2. The highest BCUT2D eigenvalue weighted by molar-refractivity contribution is 5.38. The minimum absolute atomic E-state index is 0.782. The van der Waals surface area contributed by atoms with Crippen LogP contribution in [0.25, 0.3) is 0 Å². The van der Waals surface area contributed by atoms with Crippen LogP contribution in [0.4, 0.5) is 5.95 Å². The first kappa shape index (κ1) is 8.33. The highest BCUT2D eigenvalue weighted by Gasteiger charge is 2.31. The average molecular weight is 191 g/mol. The Hall–Kier alpha value is -0.990. The normalized spacial score (nSPS) is 20.4. The number of rotatable bonds is 2.